The first-order valence-electron chi connectivity index (χ1n) is 7.86. The Morgan fingerprint density at radius 3 is 2.57 bits per heavy atom. The third kappa shape index (κ3) is 4.32. The highest BCUT2D eigenvalue weighted by Gasteiger charge is 2.34. The second kappa shape index (κ2) is 7.01. The molecule has 4 nitrogen and oxygen atoms in total. The fraction of sp³-hybridized carbons (Fsp3) is 0.471. The van der Waals surface area contributed by atoms with E-state index in [-0.39, 0.29) is 5.91 Å². The first-order valence-corrected chi connectivity index (χ1v) is 9.66. The van der Waals surface area contributed by atoms with Crippen molar-refractivity contribution in [3.8, 4) is 0 Å². The maximum Gasteiger partial charge on any atom is 0.225 e. The van der Waals surface area contributed by atoms with Crippen molar-refractivity contribution in [3.63, 3.8) is 0 Å². The summed E-state index contributed by atoms with van der Waals surface area (Å²) < 4.78 is 0.941. The summed E-state index contributed by atoms with van der Waals surface area (Å²) in [5.41, 5.74) is 3.98. The molecule has 3 rings (SSSR count). The van der Waals surface area contributed by atoms with Crippen molar-refractivity contribution in [1.82, 2.24) is 10.2 Å². The predicted octanol–water partition coefficient (Wildman–Crippen LogP) is 4.01. The largest absolute Gasteiger partial charge is 0.284 e. The van der Waals surface area contributed by atoms with Crippen molar-refractivity contribution in [2.24, 2.45) is 0 Å². The van der Waals surface area contributed by atoms with Gasteiger partial charge < -0.3 is 0 Å². The standard InChI is InChI=1S/C17H21N3OS2/c1-11-8-12(2)10-14(9-11)6-7-22-17-19-18-16(23-17)20(13(3)21)15-4-5-15/h8-10,15H,4-7H2,1-3H3. The molecule has 23 heavy (non-hydrogen) atoms. The lowest BCUT2D eigenvalue weighted by Gasteiger charge is -2.15. The van der Waals surface area contributed by atoms with Crippen LogP contribution in [0.25, 0.3) is 0 Å². The zero-order valence-electron chi connectivity index (χ0n) is 13.7. The van der Waals surface area contributed by atoms with Crippen LogP contribution in [0.4, 0.5) is 5.13 Å². The lowest BCUT2D eigenvalue weighted by atomic mass is 10.1. The summed E-state index contributed by atoms with van der Waals surface area (Å²) in [4.78, 5) is 13.6. The Balaban J connectivity index is 1.58. The molecule has 2 aromatic rings. The Kier molecular flexibility index (Phi) is 5.02. The van der Waals surface area contributed by atoms with Gasteiger partial charge in [0, 0.05) is 18.7 Å². The molecule has 0 spiro atoms. The number of amides is 1. The van der Waals surface area contributed by atoms with E-state index >= 15 is 0 Å². The van der Waals surface area contributed by atoms with Gasteiger partial charge in [-0.2, -0.15) is 0 Å². The molecular weight excluding hydrogens is 326 g/mol. The Labute approximate surface area is 145 Å². The third-order valence-corrected chi connectivity index (χ3v) is 5.81. The molecule has 122 valence electrons. The number of nitrogens with zero attached hydrogens (tertiary/aromatic N) is 3. The fourth-order valence-electron chi connectivity index (χ4n) is 2.71. The van der Waals surface area contributed by atoms with Gasteiger partial charge in [0.25, 0.3) is 0 Å². The molecule has 0 unspecified atom stereocenters. The van der Waals surface area contributed by atoms with Crippen LogP contribution in [0.15, 0.2) is 22.5 Å². The molecule has 1 aliphatic rings. The molecule has 0 N–H and O–H groups in total. The zero-order valence-corrected chi connectivity index (χ0v) is 15.3. The quantitative estimate of drug-likeness (QED) is 0.585. The van der Waals surface area contributed by atoms with Crippen molar-refractivity contribution in [2.45, 2.75) is 50.4 Å². The summed E-state index contributed by atoms with van der Waals surface area (Å²) in [5.74, 6) is 1.04. The van der Waals surface area contributed by atoms with Crippen LogP contribution in [-0.4, -0.2) is 27.9 Å². The van der Waals surface area contributed by atoms with E-state index in [1.165, 1.54) is 28.0 Å². The molecule has 1 amide bonds. The summed E-state index contributed by atoms with van der Waals surface area (Å²) in [6.07, 6.45) is 3.17. The second-order valence-electron chi connectivity index (χ2n) is 6.07. The zero-order chi connectivity index (χ0) is 16.4. The van der Waals surface area contributed by atoms with Crippen molar-refractivity contribution in [3.05, 3.63) is 34.9 Å². The molecule has 0 saturated heterocycles. The molecule has 6 heteroatoms. The number of thioether (sulfide) groups is 1. The number of aryl methyl sites for hydroxylation is 3. The van der Waals surface area contributed by atoms with Crippen LogP contribution in [0.3, 0.4) is 0 Å². The number of rotatable bonds is 6. The van der Waals surface area contributed by atoms with Crippen LogP contribution in [-0.2, 0) is 11.2 Å². The Morgan fingerprint density at radius 2 is 1.96 bits per heavy atom. The first-order chi connectivity index (χ1) is 11.0. The van der Waals surface area contributed by atoms with Gasteiger partial charge in [0.15, 0.2) is 4.34 Å². The predicted molar refractivity (Wildman–Crippen MR) is 96.4 cm³/mol. The molecule has 1 aromatic heterocycles. The van der Waals surface area contributed by atoms with Gasteiger partial charge in [-0.05, 0) is 38.7 Å². The summed E-state index contributed by atoms with van der Waals surface area (Å²) in [5, 5.41) is 9.18. The monoisotopic (exact) mass is 347 g/mol. The van der Waals surface area contributed by atoms with E-state index in [4.69, 9.17) is 0 Å². The molecule has 0 aliphatic heterocycles. The number of anilines is 1. The van der Waals surface area contributed by atoms with Crippen LogP contribution in [0.5, 0.6) is 0 Å². The van der Waals surface area contributed by atoms with Gasteiger partial charge in [-0.25, -0.2) is 0 Å². The summed E-state index contributed by atoms with van der Waals surface area (Å²) in [6, 6.07) is 7.02. The van der Waals surface area contributed by atoms with E-state index in [0.29, 0.717) is 6.04 Å². The maximum absolute atomic E-state index is 11.8. The number of aromatic nitrogens is 2. The number of carbonyl (C=O) groups is 1. The van der Waals surface area contributed by atoms with Crippen molar-refractivity contribution in [1.29, 1.82) is 0 Å². The third-order valence-electron chi connectivity index (χ3n) is 3.75. The average molecular weight is 348 g/mol. The summed E-state index contributed by atoms with van der Waals surface area (Å²) in [7, 11) is 0. The molecule has 0 atom stereocenters. The van der Waals surface area contributed by atoms with E-state index in [1.807, 2.05) is 0 Å². The van der Waals surface area contributed by atoms with Crippen LogP contribution in [0, 0.1) is 13.8 Å². The minimum Gasteiger partial charge on any atom is -0.284 e. The number of carbonyl (C=O) groups excluding carboxylic acids is 1. The van der Waals surface area contributed by atoms with E-state index in [2.05, 4.69) is 42.2 Å². The van der Waals surface area contributed by atoms with Gasteiger partial charge >= 0.3 is 0 Å². The van der Waals surface area contributed by atoms with Crippen molar-refractivity contribution < 1.29 is 4.79 Å². The van der Waals surface area contributed by atoms with Crippen molar-refractivity contribution >= 4 is 34.1 Å². The normalized spacial score (nSPS) is 14.0. The SMILES string of the molecule is CC(=O)N(c1nnc(SCCc2cc(C)cc(C)c2)s1)C1CC1. The highest BCUT2D eigenvalue weighted by atomic mass is 32.2. The fourth-order valence-corrected chi connectivity index (χ4v) is 4.72. The molecule has 1 aromatic carbocycles. The number of benzene rings is 1. The van der Waals surface area contributed by atoms with E-state index in [9.17, 15) is 4.79 Å². The van der Waals surface area contributed by atoms with E-state index in [1.54, 1.807) is 23.6 Å². The molecule has 0 bridgehead atoms. The molecule has 1 heterocycles. The molecular formula is C17H21N3OS2. The molecule has 0 radical (unpaired) electrons. The summed E-state index contributed by atoms with van der Waals surface area (Å²) >= 11 is 3.24. The van der Waals surface area contributed by atoms with Crippen molar-refractivity contribution in [2.75, 3.05) is 10.7 Å². The minimum absolute atomic E-state index is 0.0652. The highest BCUT2D eigenvalue weighted by Crippen LogP contribution is 2.35. The van der Waals surface area contributed by atoms with Gasteiger partial charge in [0.2, 0.25) is 11.0 Å². The minimum atomic E-state index is 0.0652. The lowest BCUT2D eigenvalue weighted by Crippen LogP contribution is -2.30. The van der Waals surface area contributed by atoms with Crippen LogP contribution < -0.4 is 4.90 Å². The van der Waals surface area contributed by atoms with E-state index < -0.39 is 0 Å². The first kappa shape index (κ1) is 16.5. The molecule has 1 aliphatic carbocycles. The molecule has 1 saturated carbocycles. The maximum atomic E-state index is 11.8. The van der Waals surface area contributed by atoms with Gasteiger partial charge in [0.1, 0.15) is 0 Å². The Bertz CT molecular complexity index is 689. The van der Waals surface area contributed by atoms with Gasteiger partial charge in [-0.3, -0.25) is 9.69 Å². The number of hydrogen-bond donors (Lipinski definition) is 0. The Hall–Kier alpha value is -1.40. The number of hydrogen-bond acceptors (Lipinski definition) is 5. The highest BCUT2D eigenvalue weighted by molar-refractivity contribution is 8.01. The van der Waals surface area contributed by atoms with Crippen LogP contribution >= 0.6 is 23.1 Å². The second-order valence-corrected chi connectivity index (χ2v) is 8.36. The Morgan fingerprint density at radius 1 is 1.26 bits per heavy atom. The van der Waals surface area contributed by atoms with Gasteiger partial charge in [0.05, 0.1) is 0 Å². The van der Waals surface area contributed by atoms with Crippen LogP contribution in [0.1, 0.15) is 36.5 Å². The van der Waals surface area contributed by atoms with Crippen LogP contribution in [0.2, 0.25) is 0 Å². The topological polar surface area (TPSA) is 46.1 Å². The van der Waals surface area contributed by atoms with Gasteiger partial charge in [-0.15, -0.1) is 10.2 Å². The lowest BCUT2D eigenvalue weighted by molar-refractivity contribution is -0.116. The van der Waals surface area contributed by atoms with Gasteiger partial charge in [-0.1, -0.05) is 52.4 Å². The average Bonchev–Trinajstić information content (AvgIpc) is 3.17. The molecule has 1 fully saturated rings. The summed E-state index contributed by atoms with van der Waals surface area (Å²) in [6.45, 7) is 5.87. The van der Waals surface area contributed by atoms with E-state index in [0.717, 1.165) is 34.5 Å². The smallest absolute Gasteiger partial charge is 0.225 e.